The fraction of sp³-hybridized carbons (Fsp3) is 0.611. The molecule has 0 amide bonds. The number of nitrogens with one attached hydrogen (secondary N) is 2. The molecule has 0 aromatic heterocycles. The summed E-state index contributed by atoms with van der Waals surface area (Å²) in [6, 6.07) is 6.81. The first kappa shape index (κ1) is 25.0. The quantitative estimate of drug-likeness (QED) is 0.243. The van der Waals surface area contributed by atoms with Crippen molar-refractivity contribution >= 4 is 5.96 Å². The van der Waals surface area contributed by atoms with Gasteiger partial charge in [-0.3, -0.25) is 0 Å². The van der Waals surface area contributed by atoms with Gasteiger partial charge < -0.3 is 20.1 Å². The maximum absolute atomic E-state index is 12.1. The summed E-state index contributed by atoms with van der Waals surface area (Å²) in [6.07, 6.45) is -8.30. The average Bonchev–Trinajstić information content (AvgIpc) is 2.61. The topological polar surface area (TPSA) is 54.9 Å². The second-order valence-electron chi connectivity index (χ2n) is 6.07. The van der Waals surface area contributed by atoms with E-state index in [0.717, 1.165) is 5.56 Å². The molecule has 0 aliphatic rings. The van der Waals surface area contributed by atoms with E-state index >= 15 is 0 Å². The van der Waals surface area contributed by atoms with Gasteiger partial charge in [0.2, 0.25) is 0 Å². The van der Waals surface area contributed by atoms with E-state index < -0.39 is 25.6 Å². The predicted molar refractivity (Wildman–Crippen MR) is 96.5 cm³/mol. The zero-order chi connectivity index (χ0) is 21.8. The lowest BCUT2D eigenvalue weighted by Gasteiger charge is -2.12. The molecule has 5 nitrogen and oxygen atoms in total. The highest BCUT2D eigenvalue weighted by Crippen LogP contribution is 2.16. The third-order valence-corrected chi connectivity index (χ3v) is 3.35. The molecular formula is C18H25F6N3O2. The average molecular weight is 429 g/mol. The van der Waals surface area contributed by atoms with Crippen molar-refractivity contribution in [3.8, 4) is 0 Å². The van der Waals surface area contributed by atoms with Gasteiger partial charge in [0.25, 0.3) is 0 Å². The van der Waals surface area contributed by atoms with Crippen LogP contribution in [0, 0.1) is 0 Å². The van der Waals surface area contributed by atoms with Crippen LogP contribution in [0.4, 0.5) is 26.3 Å². The van der Waals surface area contributed by atoms with Crippen LogP contribution in [0.15, 0.2) is 29.3 Å². The van der Waals surface area contributed by atoms with Crippen molar-refractivity contribution in [2.75, 3.05) is 32.9 Å². The van der Waals surface area contributed by atoms with Crippen molar-refractivity contribution in [3.05, 3.63) is 35.4 Å². The van der Waals surface area contributed by atoms with Crippen LogP contribution < -0.4 is 10.6 Å². The van der Waals surface area contributed by atoms with Gasteiger partial charge in [0.1, 0.15) is 13.2 Å². The van der Waals surface area contributed by atoms with E-state index in [0.29, 0.717) is 37.6 Å². The molecule has 0 unspecified atom stereocenters. The van der Waals surface area contributed by atoms with E-state index in [9.17, 15) is 26.3 Å². The van der Waals surface area contributed by atoms with E-state index in [1.54, 1.807) is 24.3 Å². The molecule has 0 saturated carbocycles. The summed E-state index contributed by atoms with van der Waals surface area (Å²) in [4.78, 5) is 4.36. The smallest absolute Gasteiger partial charge is 0.372 e. The van der Waals surface area contributed by atoms with Crippen LogP contribution >= 0.6 is 0 Å². The largest absolute Gasteiger partial charge is 0.411 e. The summed E-state index contributed by atoms with van der Waals surface area (Å²) in [5, 5.41) is 6.01. The molecule has 1 aromatic carbocycles. The van der Waals surface area contributed by atoms with Gasteiger partial charge in [-0.1, -0.05) is 24.3 Å². The number of hydrogen-bond acceptors (Lipinski definition) is 3. The van der Waals surface area contributed by atoms with Crippen molar-refractivity contribution in [1.29, 1.82) is 0 Å². The first-order valence-corrected chi connectivity index (χ1v) is 8.98. The Bertz CT molecular complexity index is 603. The number of guanidine groups is 1. The minimum Gasteiger partial charge on any atom is -0.372 e. The highest BCUT2D eigenvalue weighted by atomic mass is 19.4. The van der Waals surface area contributed by atoms with Crippen molar-refractivity contribution in [1.82, 2.24) is 10.6 Å². The Morgan fingerprint density at radius 2 is 1.48 bits per heavy atom. The number of alkyl halides is 6. The zero-order valence-electron chi connectivity index (χ0n) is 16.0. The van der Waals surface area contributed by atoms with Crippen molar-refractivity contribution in [2.24, 2.45) is 4.99 Å². The lowest BCUT2D eigenvalue weighted by Crippen LogP contribution is -2.38. The number of benzene rings is 1. The molecule has 29 heavy (non-hydrogen) atoms. The number of halogens is 6. The van der Waals surface area contributed by atoms with Gasteiger partial charge in [-0.05, 0) is 24.5 Å². The lowest BCUT2D eigenvalue weighted by molar-refractivity contribution is -0.176. The molecule has 0 radical (unpaired) electrons. The number of nitrogens with zero attached hydrogens (tertiary/aromatic N) is 1. The van der Waals surface area contributed by atoms with Crippen LogP contribution in [0.2, 0.25) is 0 Å². The molecule has 0 heterocycles. The minimum atomic E-state index is -4.35. The fourth-order valence-corrected chi connectivity index (χ4v) is 2.11. The Morgan fingerprint density at radius 1 is 0.897 bits per heavy atom. The van der Waals surface area contributed by atoms with Crippen molar-refractivity contribution in [2.45, 2.75) is 38.8 Å². The second kappa shape index (κ2) is 12.5. The third kappa shape index (κ3) is 13.7. The van der Waals surface area contributed by atoms with Crippen molar-refractivity contribution in [3.63, 3.8) is 0 Å². The molecule has 0 saturated heterocycles. The summed E-state index contributed by atoms with van der Waals surface area (Å²) < 4.78 is 81.2. The van der Waals surface area contributed by atoms with Gasteiger partial charge in [0.05, 0.1) is 13.2 Å². The van der Waals surface area contributed by atoms with Crippen LogP contribution in [-0.4, -0.2) is 51.2 Å². The fourth-order valence-electron chi connectivity index (χ4n) is 2.11. The van der Waals surface area contributed by atoms with Gasteiger partial charge >= 0.3 is 12.4 Å². The molecule has 166 valence electrons. The lowest BCUT2D eigenvalue weighted by atomic mass is 10.1. The normalized spacial score (nSPS) is 12.9. The molecule has 1 rings (SSSR count). The first-order chi connectivity index (χ1) is 13.6. The van der Waals surface area contributed by atoms with Gasteiger partial charge in [-0.2, -0.15) is 26.3 Å². The maximum Gasteiger partial charge on any atom is 0.411 e. The van der Waals surface area contributed by atoms with Gasteiger partial charge in [0, 0.05) is 19.7 Å². The summed E-state index contributed by atoms with van der Waals surface area (Å²) >= 11 is 0. The summed E-state index contributed by atoms with van der Waals surface area (Å²) in [5.74, 6) is 0.501. The van der Waals surface area contributed by atoms with Crippen molar-refractivity contribution < 1.29 is 35.8 Å². The molecule has 0 bridgehead atoms. The Morgan fingerprint density at radius 3 is 2.07 bits per heavy atom. The van der Waals surface area contributed by atoms with E-state index in [2.05, 4.69) is 25.1 Å². The van der Waals surface area contributed by atoms with Crippen LogP contribution in [0.25, 0.3) is 0 Å². The number of aliphatic imine (C=N–C) groups is 1. The summed E-state index contributed by atoms with van der Waals surface area (Å²) in [7, 11) is 0. The van der Waals surface area contributed by atoms with Crippen LogP contribution in [0.1, 0.15) is 24.5 Å². The zero-order valence-corrected chi connectivity index (χ0v) is 16.0. The SMILES string of the molecule is CCNC(=NCc1ccc(COCC(F)(F)F)cc1)NCCCOCC(F)(F)F. The van der Waals surface area contributed by atoms with E-state index in [1.807, 2.05) is 6.92 Å². The molecule has 0 spiro atoms. The van der Waals surface area contributed by atoms with E-state index in [1.165, 1.54) is 0 Å². The Labute approximate surface area is 165 Å². The molecule has 0 atom stereocenters. The third-order valence-electron chi connectivity index (χ3n) is 3.35. The molecule has 11 heteroatoms. The molecule has 0 fully saturated rings. The van der Waals surface area contributed by atoms with Crippen LogP contribution in [-0.2, 0) is 22.6 Å². The van der Waals surface area contributed by atoms with Crippen LogP contribution in [0.5, 0.6) is 0 Å². The first-order valence-electron chi connectivity index (χ1n) is 8.98. The molecular weight excluding hydrogens is 404 g/mol. The maximum atomic E-state index is 12.1. The molecule has 0 aliphatic carbocycles. The molecule has 2 N–H and O–H groups in total. The monoisotopic (exact) mass is 429 g/mol. The van der Waals surface area contributed by atoms with Gasteiger partial charge in [-0.25, -0.2) is 4.99 Å². The van der Waals surface area contributed by atoms with Gasteiger partial charge in [-0.15, -0.1) is 0 Å². The van der Waals surface area contributed by atoms with Gasteiger partial charge in [0.15, 0.2) is 5.96 Å². The predicted octanol–water partition coefficient (Wildman–Crippen LogP) is 3.79. The van der Waals surface area contributed by atoms with E-state index in [-0.39, 0.29) is 13.2 Å². The molecule has 1 aromatic rings. The Kier molecular flexibility index (Phi) is 10.8. The molecule has 0 aliphatic heterocycles. The second-order valence-corrected chi connectivity index (χ2v) is 6.07. The number of ether oxygens (including phenoxy) is 2. The van der Waals surface area contributed by atoms with E-state index in [4.69, 9.17) is 0 Å². The highest BCUT2D eigenvalue weighted by molar-refractivity contribution is 5.79. The minimum absolute atomic E-state index is 0.0240. The number of hydrogen-bond donors (Lipinski definition) is 2. The summed E-state index contributed by atoms with van der Waals surface area (Å²) in [6.45, 7) is 0.470. The Hall–Kier alpha value is -2.01. The highest BCUT2D eigenvalue weighted by Gasteiger charge is 2.27. The standard InChI is InChI=1S/C18H25F6N3O2/c1-2-25-16(26-8-3-9-28-12-17(19,20)21)27-10-14-4-6-15(7-5-14)11-29-13-18(22,23)24/h4-7H,2-3,8-13H2,1H3,(H2,25,26,27). The Balaban J connectivity index is 2.38. The summed E-state index contributed by atoms with van der Waals surface area (Å²) in [5.41, 5.74) is 1.46. The van der Waals surface area contributed by atoms with Crippen LogP contribution in [0.3, 0.4) is 0 Å². The number of rotatable bonds is 11.